The van der Waals surface area contributed by atoms with E-state index in [4.69, 9.17) is 4.74 Å². The summed E-state index contributed by atoms with van der Waals surface area (Å²) in [5.41, 5.74) is 1.20. The van der Waals surface area contributed by atoms with Crippen molar-refractivity contribution in [1.29, 1.82) is 0 Å². The van der Waals surface area contributed by atoms with E-state index in [9.17, 15) is 4.79 Å². The van der Waals surface area contributed by atoms with Crippen LogP contribution in [-0.2, 0) is 9.53 Å². The van der Waals surface area contributed by atoms with Crippen LogP contribution in [0.25, 0.3) is 0 Å². The fraction of sp³-hybridized carbons (Fsp3) is 0.562. The maximum absolute atomic E-state index is 12.3. The lowest BCUT2D eigenvalue weighted by atomic mass is 10.1. The van der Waals surface area contributed by atoms with Crippen LogP contribution >= 0.6 is 24.8 Å². The number of rotatable bonds is 5. The third kappa shape index (κ3) is 6.28. The van der Waals surface area contributed by atoms with Crippen molar-refractivity contribution >= 4 is 30.7 Å². The summed E-state index contributed by atoms with van der Waals surface area (Å²) in [5, 5.41) is 6.25. The van der Waals surface area contributed by atoms with Crippen LogP contribution < -0.4 is 10.6 Å². The normalized spacial score (nSPS) is 21.7. The first kappa shape index (κ1) is 22.1. The minimum absolute atomic E-state index is 0. The molecule has 1 unspecified atom stereocenters. The Morgan fingerprint density at radius 1 is 1.35 bits per heavy atom. The molecule has 2 N–H and O–H groups in total. The molecule has 23 heavy (non-hydrogen) atoms. The summed E-state index contributed by atoms with van der Waals surface area (Å²) < 4.78 is 5.52. The molecule has 0 bridgehead atoms. The molecule has 3 atom stereocenters. The van der Waals surface area contributed by atoms with E-state index in [1.807, 2.05) is 39.2 Å². The van der Waals surface area contributed by atoms with Crippen molar-refractivity contribution in [2.24, 2.45) is 0 Å². The average molecular weight is 364 g/mol. The molecule has 1 amide bonds. The highest BCUT2D eigenvalue weighted by atomic mass is 35.5. The second-order valence-corrected chi connectivity index (χ2v) is 5.64. The highest BCUT2D eigenvalue weighted by molar-refractivity contribution is 5.85. The van der Waals surface area contributed by atoms with Crippen molar-refractivity contribution in [2.75, 3.05) is 33.8 Å². The van der Waals surface area contributed by atoms with E-state index < -0.39 is 0 Å². The maximum Gasteiger partial charge on any atom is 0.239 e. The van der Waals surface area contributed by atoms with Crippen LogP contribution in [0.2, 0.25) is 0 Å². The minimum atomic E-state index is -0.266. The van der Waals surface area contributed by atoms with Crippen molar-refractivity contribution in [2.45, 2.75) is 25.1 Å². The van der Waals surface area contributed by atoms with Crippen LogP contribution in [0.15, 0.2) is 30.3 Å². The zero-order chi connectivity index (χ0) is 15.2. The molecule has 7 heteroatoms. The summed E-state index contributed by atoms with van der Waals surface area (Å²) in [4.78, 5) is 14.4. The van der Waals surface area contributed by atoms with Gasteiger partial charge in [0.25, 0.3) is 0 Å². The molecule has 1 aliphatic rings. The van der Waals surface area contributed by atoms with Gasteiger partial charge in [-0.25, -0.2) is 0 Å². The monoisotopic (exact) mass is 363 g/mol. The Labute approximate surface area is 151 Å². The first-order valence-electron chi connectivity index (χ1n) is 7.43. The van der Waals surface area contributed by atoms with Crippen LogP contribution in [0.3, 0.4) is 0 Å². The molecule has 0 spiro atoms. The Bertz CT molecular complexity index is 460. The molecule has 0 radical (unpaired) electrons. The lowest BCUT2D eigenvalue weighted by molar-refractivity contribution is -0.129. The second-order valence-electron chi connectivity index (χ2n) is 5.64. The second kappa shape index (κ2) is 10.8. The Kier molecular flexibility index (Phi) is 10.4. The van der Waals surface area contributed by atoms with E-state index in [1.165, 1.54) is 5.56 Å². The number of halogens is 2. The van der Waals surface area contributed by atoms with Gasteiger partial charge < -0.3 is 20.3 Å². The quantitative estimate of drug-likeness (QED) is 0.834. The Hall–Kier alpha value is -0.850. The van der Waals surface area contributed by atoms with Gasteiger partial charge in [-0.3, -0.25) is 4.79 Å². The lowest BCUT2D eigenvalue weighted by Gasteiger charge is -2.31. The molecule has 1 heterocycles. The zero-order valence-electron chi connectivity index (χ0n) is 13.8. The van der Waals surface area contributed by atoms with Gasteiger partial charge >= 0.3 is 0 Å². The molecular weight excluding hydrogens is 337 g/mol. The van der Waals surface area contributed by atoms with E-state index in [-0.39, 0.29) is 48.9 Å². The van der Waals surface area contributed by atoms with Gasteiger partial charge in [0.1, 0.15) is 6.04 Å². The molecule has 2 rings (SSSR count). The predicted octanol–water partition coefficient (Wildman–Crippen LogP) is 1.63. The number of benzene rings is 1. The van der Waals surface area contributed by atoms with Crippen molar-refractivity contribution < 1.29 is 9.53 Å². The fourth-order valence-corrected chi connectivity index (χ4v) is 2.61. The number of carbonyl (C=O) groups is 1. The first-order valence-corrected chi connectivity index (χ1v) is 7.43. The molecule has 0 saturated carbocycles. The zero-order valence-corrected chi connectivity index (χ0v) is 15.5. The van der Waals surface area contributed by atoms with Gasteiger partial charge in [-0.15, -0.1) is 24.8 Å². The van der Waals surface area contributed by atoms with Crippen LogP contribution in [0.1, 0.15) is 18.5 Å². The van der Waals surface area contributed by atoms with E-state index in [0.29, 0.717) is 13.2 Å². The molecule has 5 nitrogen and oxygen atoms in total. The molecule has 0 aliphatic carbocycles. The molecule has 1 saturated heterocycles. The lowest BCUT2D eigenvalue weighted by Crippen LogP contribution is -2.56. The topological polar surface area (TPSA) is 53.6 Å². The number of carbonyl (C=O) groups excluding carboxylic acids is 1. The summed E-state index contributed by atoms with van der Waals surface area (Å²) in [6.07, 6.45) is -0.0896. The Morgan fingerprint density at radius 2 is 2.00 bits per heavy atom. The first-order chi connectivity index (χ1) is 10.1. The third-order valence-electron chi connectivity index (χ3n) is 3.88. The molecule has 1 aromatic carbocycles. The van der Waals surface area contributed by atoms with Gasteiger partial charge in [0.2, 0.25) is 5.91 Å². The van der Waals surface area contributed by atoms with E-state index in [0.717, 1.165) is 6.54 Å². The van der Waals surface area contributed by atoms with Crippen molar-refractivity contribution in [3.63, 3.8) is 0 Å². The van der Waals surface area contributed by atoms with Gasteiger partial charge in [-0.2, -0.15) is 0 Å². The van der Waals surface area contributed by atoms with Crippen LogP contribution in [-0.4, -0.2) is 56.7 Å². The minimum Gasteiger partial charge on any atom is -0.375 e. The number of hydrogen-bond donors (Lipinski definition) is 2. The molecular formula is C16H27Cl2N3O2. The summed E-state index contributed by atoms with van der Waals surface area (Å²) in [6, 6.07) is 10.1. The van der Waals surface area contributed by atoms with Crippen molar-refractivity contribution in [3.05, 3.63) is 35.9 Å². The highest BCUT2D eigenvalue weighted by Gasteiger charge is 2.28. The van der Waals surface area contributed by atoms with Gasteiger partial charge in [0, 0.05) is 13.1 Å². The third-order valence-corrected chi connectivity index (χ3v) is 3.88. The molecule has 1 aliphatic heterocycles. The van der Waals surface area contributed by atoms with E-state index >= 15 is 0 Å². The van der Waals surface area contributed by atoms with Crippen molar-refractivity contribution in [1.82, 2.24) is 15.5 Å². The molecule has 1 aromatic rings. The average Bonchev–Trinajstić information content (AvgIpc) is 2.48. The summed E-state index contributed by atoms with van der Waals surface area (Å²) in [7, 11) is 4.04. The van der Waals surface area contributed by atoms with Gasteiger partial charge in [0.05, 0.1) is 18.8 Å². The number of hydrogen-bond acceptors (Lipinski definition) is 4. The van der Waals surface area contributed by atoms with Crippen LogP contribution in [0.4, 0.5) is 0 Å². The number of likely N-dealkylation sites (N-methyl/N-ethyl adjacent to an activating group) is 1. The number of amides is 1. The smallest absolute Gasteiger partial charge is 0.239 e. The van der Waals surface area contributed by atoms with Gasteiger partial charge in [-0.1, -0.05) is 30.3 Å². The fourth-order valence-electron chi connectivity index (χ4n) is 2.61. The number of ether oxygens (including phenoxy) is 1. The predicted molar refractivity (Wildman–Crippen MR) is 97.6 cm³/mol. The van der Waals surface area contributed by atoms with Crippen LogP contribution in [0.5, 0.6) is 0 Å². The molecule has 1 fully saturated rings. The van der Waals surface area contributed by atoms with E-state index in [1.54, 1.807) is 0 Å². The van der Waals surface area contributed by atoms with Gasteiger partial charge in [-0.05, 0) is 26.6 Å². The van der Waals surface area contributed by atoms with Crippen LogP contribution in [0, 0.1) is 0 Å². The highest BCUT2D eigenvalue weighted by Crippen LogP contribution is 2.16. The Morgan fingerprint density at radius 3 is 2.57 bits per heavy atom. The molecule has 0 aromatic heterocycles. The Balaban J connectivity index is 0.00000242. The summed E-state index contributed by atoms with van der Waals surface area (Å²) in [5.74, 6) is 0.00461. The SMILES string of the molecule is C[C@H]1OCCN[C@@H]1C(=O)NCC(c1ccccc1)N(C)C.Cl.Cl. The summed E-state index contributed by atoms with van der Waals surface area (Å²) in [6.45, 7) is 3.89. The summed E-state index contributed by atoms with van der Waals surface area (Å²) >= 11 is 0. The van der Waals surface area contributed by atoms with E-state index in [2.05, 4.69) is 27.7 Å². The van der Waals surface area contributed by atoms with Gasteiger partial charge in [0.15, 0.2) is 0 Å². The number of nitrogens with zero attached hydrogens (tertiary/aromatic N) is 1. The molecule has 132 valence electrons. The van der Waals surface area contributed by atoms with Crippen molar-refractivity contribution in [3.8, 4) is 0 Å². The largest absolute Gasteiger partial charge is 0.375 e. The number of morpholine rings is 1. The standard InChI is InChI=1S/C16H25N3O2.2ClH/c1-12-15(17-9-10-21-12)16(20)18-11-14(19(2)3)13-7-5-4-6-8-13;;/h4-8,12,14-15,17H,9-11H2,1-3H3,(H,18,20);2*1H/t12-,14?,15+;;/m1../s1. The maximum atomic E-state index is 12.3. The number of nitrogens with one attached hydrogen (secondary N) is 2.